The highest BCUT2D eigenvalue weighted by Crippen LogP contribution is 2.22. The zero-order chi connectivity index (χ0) is 25.7. The van der Waals surface area contributed by atoms with Gasteiger partial charge in [-0.3, -0.25) is 13.9 Å². The van der Waals surface area contributed by atoms with Gasteiger partial charge in [0.25, 0.3) is 0 Å². The van der Waals surface area contributed by atoms with E-state index in [2.05, 4.69) is 5.32 Å². The summed E-state index contributed by atoms with van der Waals surface area (Å²) < 4.78 is 52.8. The van der Waals surface area contributed by atoms with Crippen molar-refractivity contribution in [2.75, 3.05) is 17.1 Å². The second kappa shape index (κ2) is 10.9. The lowest BCUT2D eigenvalue weighted by atomic mass is 10.1. The number of halogens is 2. The minimum atomic E-state index is -4.03. The Bertz CT molecular complexity index is 1120. The molecule has 2 amide bonds. The molecule has 0 aliphatic carbocycles. The van der Waals surface area contributed by atoms with E-state index in [1.165, 1.54) is 4.90 Å². The fourth-order valence-corrected chi connectivity index (χ4v) is 4.25. The average Bonchev–Trinajstić information content (AvgIpc) is 2.72. The van der Waals surface area contributed by atoms with E-state index < -0.39 is 45.7 Å². The van der Waals surface area contributed by atoms with Crippen LogP contribution in [0.2, 0.25) is 0 Å². The van der Waals surface area contributed by atoms with Crippen LogP contribution >= 0.6 is 0 Å². The Kier molecular flexibility index (Phi) is 8.77. The van der Waals surface area contributed by atoms with Crippen molar-refractivity contribution in [3.63, 3.8) is 0 Å². The van der Waals surface area contributed by atoms with E-state index in [9.17, 15) is 26.8 Å². The molecule has 0 saturated carbocycles. The van der Waals surface area contributed by atoms with E-state index in [1.54, 1.807) is 31.2 Å². The number of rotatable bonds is 9. The van der Waals surface area contributed by atoms with Crippen LogP contribution in [-0.4, -0.2) is 49.5 Å². The van der Waals surface area contributed by atoms with Gasteiger partial charge in [-0.1, -0.05) is 37.3 Å². The van der Waals surface area contributed by atoms with Gasteiger partial charge in [0.05, 0.1) is 11.9 Å². The molecule has 0 aliphatic heterocycles. The van der Waals surface area contributed by atoms with Crippen molar-refractivity contribution in [1.82, 2.24) is 10.2 Å². The summed E-state index contributed by atoms with van der Waals surface area (Å²) in [5.74, 6) is -3.41. The quantitative estimate of drug-likeness (QED) is 0.577. The molecule has 186 valence electrons. The van der Waals surface area contributed by atoms with Crippen LogP contribution in [0.3, 0.4) is 0 Å². The van der Waals surface area contributed by atoms with E-state index in [0.717, 1.165) is 30.0 Å². The van der Waals surface area contributed by atoms with E-state index in [0.29, 0.717) is 4.31 Å². The van der Waals surface area contributed by atoms with Crippen LogP contribution in [0.4, 0.5) is 14.5 Å². The van der Waals surface area contributed by atoms with Gasteiger partial charge in [0.2, 0.25) is 21.8 Å². The Morgan fingerprint density at radius 3 is 2.15 bits per heavy atom. The third-order valence-corrected chi connectivity index (χ3v) is 6.09. The van der Waals surface area contributed by atoms with Crippen LogP contribution in [0.5, 0.6) is 0 Å². The SMILES string of the molecule is CC[C@@H](C(=O)NC(C)(C)C)N(Cc1ccccc1)C(=O)CN(c1ccc(F)c(F)c1)S(C)(=O)=O. The van der Waals surface area contributed by atoms with Crippen LogP contribution in [-0.2, 0) is 26.2 Å². The van der Waals surface area contributed by atoms with E-state index in [-0.39, 0.29) is 24.6 Å². The maximum Gasteiger partial charge on any atom is 0.244 e. The Hall–Kier alpha value is -3.01. The van der Waals surface area contributed by atoms with Crippen molar-refractivity contribution in [2.24, 2.45) is 0 Å². The lowest BCUT2D eigenvalue weighted by Gasteiger charge is -2.34. The minimum Gasteiger partial charge on any atom is -0.350 e. The van der Waals surface area contributed by atoms with Gasteiger partial charge in [0.15, 0.2) is 11.6 Å². The van der Waals surface area contributed by atoms with Crippen molar-refractivity contribution < 1.29 is 26.8 Å². The molecule has 2 aromatic rings. The van der Waals surface area contributed by atoms with Crippen molar-refractivity contribution >= 4 is 27.5 Å². The number of carbonyl (C=O) groups is 2. The number of benzene rings is 2. The molecule has 10 heteroatoms. The van der Waals surface area contributed by atoms with Crippen LogP contribution in [0.25, 0.3) is 0 Å². The highest BCUT2D eigenvalue weighted by atomic mass is 32.2. The van der Waals surface area contributed by atoms with Crippen molar-refractivity contribution in [1.29, 1.82) is 0 Å². The fraction of sp³-hybridized carbons (Fsp3) is 0.417. The molecule has 0 radical (unpaired) electrons. The molecule has 0 aliphatic rings. The molecule has 1 atom stereocenters. The second-order valence-electron chi connectivity index (χ2n) is 9.04. The van der Waals surface area contributed by atoms with Crippen LogP contribution < -0.4 is 9.62 Å². The average molecular weight is 496 g/mol. The van der Waals surface area contributed by atoms with Crippen LogP contribution in [0, 0.1) is 11.6 Å². The van der Waals surface area contributed by atoms with Gasteiger partial charge >= 0.3 is 0 Å². The zero-order valence-electron chi connectivity index (χ0n) is 20.0. The molecular weight excluding hydrogens is 464 g/mol. The number of sulfonamides is 1. The number of hydrogen-bond donors (Lipinski definition) is 1. The molecule has 7 nitrogen and oxygen atoms in total. The molecule has 2 rings (SSSR count). The first kappa shape index (κ1) is 27.2. The summed E-state index contributed by atoms with van der Waals surface area (Å²) in [6.45, 7) is 6.57. The first-order valence-electron chi connectivity index (χ1n) is 10.8. The van der Waals surface area contributed by atoms with E-state index >= 15 is 0 Å². The molecule has 0 heterocycles. The van der Waals surface area contributed by atoms with Gasteiger partial charge in [-0.05, 0) is 44.9 Å². The smallest absolute Gasteiger partial charge is 0.244 e. The van der Waals surface area contributed by atoms with E-state index in [1.807, 2.05) is 26.8 Å². The minimum absolute atomic E-state index is 0.0606. The maximum absolute atomic E-state index is 13.8. The number of nitrogens with one attached hydrogen (secondary N) is 1. The first-order valence-corrected chi connectivity index (χ1v) is 12.7. The van der Waals surface area contributed by atoms with Gasteiger partial charge in [-0.2, -0.15) is 0 Å². The molecular formula is C24H31F2N3O4S. The standard InChI is InChI=1S/C24H31F2N3O4S/c1-6-21(23(31)27-24(2,3)4)28(15-17-10-8-7-9-11-17)22(30)16-29(34(5,32)33)18-12-13-19(25)20(26)14-18/h7-14,21H,6,15-16H2,1-5H3,(H,27,31)/t21-/m0/s1. The van der Waals surface area contributed by atoms with Crippen LogP contribution in [0.15, 0.2) is 48.5 Å². The maximum atomic E-state index is 13.8. The number of amides is 2. The molecule has 1 N–H and O–H groups in total. The topological polar surface area (TPSA) is 86.8 Å². The number of nitrogens with zero attached hydrogens (tertiary/aromatic N) is 2. The van der Waals surface area contributed by atoms with Crippen molar-refractivity contribution in [3.8, 4) is 0 Å². The van der Waals surface area contributed by atoms with Gasteiger partial charge in [0.1, 0.15) is 12.6 Å². The summed E-state index contributed by atoms with van der Waals surface area (Å²) in [7, 11) is -4.03. The Labute approximate surface area is 199 Å². The van der Waals surface area contributed by atoms with Crippen molar-refractivity contribution in [3.05, 3.63) is 65.7 Å². The van der Waals surface area contributed by atoms with Crippen LogP contribution in [0.1, 0.15) is 39.7 Å². The molecule has 0 fully saturated rings. The summed E-state index contributed by atoms with van der Waals surface area (Å²) in [4.78, 5) is 27.8. The van der Waals surface area contributed by atoms with E-state index in [4.69, 9.17) is 0 Å². The Balaban J connectivity index is 2.45. The predicted molar refractivity (Wildman–Crippen MR) is 128 cm³/mol. The summed E-state index contributed by atoms with van der Waals surface area (Å²) in [5, 5.41) is 2.86. The largest absolute Gasteiger partial charge is 0.350 e. The molecule has 0 saturated heterocycles. The van der Waals surface area contributed by atoms with Gasteiger partial charge in [0, 0.05) is 18.2 Å². The molecule has 2 aromatic carbocycles. The highest BCUT2D eigenvalue weighted by molar-refractivity contribution is 7.92. The molecule has 34 heavy (non-hydrogen) atoms. The predicted octanol–water partition coefficient (Wildman–Crippen LogP) is 3.45. The summed E-state index contributed by atoms with van der Waals surface area (Å²) in [5.41, 5.74) is 0.00864. The van der Waals surface area contributed by atoms with Gasteiger partial charge < -0.3 is 10.2 Å². The number of hydrogen-bond acceptors (Lipinski definition) is 4. The fourth-order valence-electron chi connectivity index (χ4n) is 3.41. The lowest BCUT2D eigenvalue weighted by molar-refractivity contribution is -0.141. The zero-order valence-corrected chi connectivity index (χ0v) is 20.8. The normalized spacial score (nSPS) is 12.7. The Morgan fingerprint density at radius 1 is 1.03 bits per heavy atom. The van der Waals surface area contributed by atoms with Gasteiger partial charge in [-0.15, -0.1) is 0 Å². The molecule has 0 bridgehead atoms. The monoisotopic (exact) mass is 495 g/mol. The first-order chi connectivity index (χ1) is 15.7. The van der Waals surface area contributed by atoms with Gasteiger partial charge in [-0.25, -0.2) is 17.2 Å². The molecule has 0 unspecified atom stereocenters. The lowest BCUT2D eigenvalue weighted by Crippen LogP contribution is -2.55. The highest BCUT2D eigenvalue weighted by Gasteiger charge is 2.33. The Morgan fingerprint density at radius 2 is 1.65 bits per heavy atom. The third kappa shape index (κ3) is 7.51. The second-order valence-corrected chi connectivity index (χ2v) is 10.9. The summed E-state index contributed by atoms with van der Waals surface area (Å²) >= 11 is 0. The molecule has 0 spiro atoms. The third-order valence-electron chi connectivity index (χ3n) is 4.95. The number of carbonyl (C=O) groups excluding carboxylic acids is 2. The summed E-state index contributed by atoms with van der Waals surface area (Å²) in [6, 6.07) is 10.7. The molecule has 0 aromatic heterocycles. The number of anilines is 1. The summed E-state index contributed by atoms with van der Waals surface area (Å²) in [6.07, 6.45) is 1.15. The van der Waals surface area contributed by atoms with Crippen molar-refractivity contribution in [2.45, 2.75) is 52.2 Å².